The molecule has 0 spiro atoms. The van der Waals surface area contributed by atoms with Crippen molar-refractivity contribution < 1.29 is 14.6 Å². The summed E-state index contributed by atoms with van der Waals surface area (Å²) < 4.78 is 6.78. The first kappa shape index (κ1) is 13.8. The molecule has 0 aliphatic heterocycles. The van der Waals surface area contributed by atoms with Gasteiger partial charge in [-0.15, -0.1) is 0 Å². The molecule has 2 aromatic rings. The summed E-state index contributed by atoms with van der Waals surface area (Å²) in [6.07, 6.45) is 0.936. The summed E-state index contributed by atoms with van der Waals surface area (Å²) in [7, 11) is 0. The van der Waals surface area contributed by atoms with Crippen molar-refractivity contribution in [3.8, 4) is 0 Å². The molecular formula is C15H16N2O4. The first-order chi connectivity index (χ1) is 10.1. The van der Waals surface area contributed by atoms with Gasteiger partial charge in [0.05, 0.1) is 10.9 Å². The van der Waals surface area contributed by atoms with Gasteiger partial charge in [0.2, 0.25) is 0 Å². The number of carbonyl (C=O) groups is 1. The predicted molar refractivity (Wildman–Crippen MR) is 76.1 cm³/mol. The molecule has 1 aromatic carbocycles. The molecule has 1 saturated carbocycles. The predicted octanol–water partition coefficient (Wildman–Crippen LogP) is 1.58. The van der Waals surface area contributed by atoms with E-state index in [0.717, 1.165) is 6.42 Å². The Morgan fingerprint density at radius 3 is 2.86 bits per heavy atom. The number of rotatable bonds is 5. The molecule has 0 radical (unpaired) electrons. The Morgan fingerprint density at radius 2 is 2.19 bits per heavy atom. The summed E-state index contributed by atoms with van der Waals surface area (Å²) in [5, 5.41) is 9.22. The van der Waals surface area contributed by atoms with Crippen molar-refractivity contribution in [2.24, 2.45) is 5.92 Å². The van der Waals surface area contributed by atoms with Gasteiger partial charge in [-0.05, 0) is 24.5 Å². The van der Waals surface area contributed by atoms with Gasteiger partial charge in [0.1, 0.15) is 19.0 Å². The molecule has 110 valence electrons. The van der Waals surface area contributed by atoms with Gasteiger partial charge < -0.3 is 9.84 Å². The average Bonchev–Trinajstić information content (AvgIpc) is 3.15. The maximum atomic E-state index is 12.6. The molecule has 0 bridgehead atoms. The lowest BCUT2D eigenvalue weighted by Crippen LogP contribution is -2.26. The van der Waals surface area contributed by atoms with Crippen LogP contribution in [0.2, 0.25) is 0 Å². The van der Waals surface area contributed by atoms with Crippen molar-refractivity contribution in [1.82, 2.24) is 9.55 Å². The van der Waals surface area contributed by atoms with Crippen LogP contribution in [0.4, 0.5) is 0 Å². The van der Waals surface area contributed by atoms with E-state index in [-0.39, 0.29) is 18.2 Å². The number of hydrogen-bond donors (Lipinski definition) is 1. The van der Waals surface area contributed by atoms with Crippen LogP contribution in [0.3, 0.4) is 0 Å². The number of nitrogens with zero attached hydrogens (tertiary/aromatic N) is 2. The van der Waals surface area contributed by atoms with Crippen LogP contribution < -0.4 is 5.56 Å². The number of benzene rings is 1. The smallest absolute Gasteiger partial charge is 0.329 e. The largest absolute Gasteiger partial charge is 0.480 e. The molecule has 0 amide bonds. The zero-order valence-corrected chi connectivity index (χ0v) is 11.7. The Labute approximate surface area is 121 Å². The van der Waals surface area contributed by atoms with Gasteiger partial charge in [-0.1, -0.05) is 19.1 Å². The molecule has 21 heavy (non-hydrogen) atoms. The Balaban J connectivity index is 2.03. The molecule has 1 aromatic heterocycles. The Kier molecular flexibility index (Phi) is 3.47. The molecule has 1 fully saturated rings. The highest BCUT2D eigenvalue weighted by molar-refractivity contribution is 5.77. The van der Waals surface area contributed by atoms with E-state index in [0.29, 0.717) is 22.6 Å². The minimum Gasteiger partial charge on any atom is -0.480 e. The van der Waals surface area contributed by atoms with Gasteiger partial charge >= 0.3 is 5.97 Å². The topological polar surface area (TPSA) is 81.4 Å². The van der Waals surface area contributed by atoms with Crippen molar-refractivity contribution >= 4 is 16.9 Å². The Bertz CT molecular complexity index is 753. The van der Waals surface area contributed by atoms with Crippen molar-refractivity contribution in [1.29, 1.82) is 0 Å². The van der Waals surface area contributed by atoms with Gasteiger partial charge in [-0.25, -0.2) is 9.78 Å². The summed E-state index contributed by atoms with van der Waals surface area (Å²) in [6, 6.07) is 7.31. The molecule has 1 N–H and O–H groups in total. The third-order valence-electron chi connectivity index (χ3n) is 3.74. The normalized spacial score (nSPS) is 20.6. The maximum Gasteiger partial charge on any atom is 0.329 e. The first-order valence-electron chi connectivity index (χ1n) is 6.87. The minimum absolute atomic E-state index is 0.0234. The van der Waals surface area contributed by atoms with Crippen LogP contribution in [0.15, 0.2) is 29.1 Å². The van der Waals surface area contributed by atoms with Gasteiger partial charge in [-0.3, -0.25) is 9.36 Å². The van der Waals surface area contributed by atoms with Crippen LogP contribution >= 0.6 is 0 Å². The monoisotopic (exact) mass is 288 g/mol. The Morgan fingerprint density at radius 1 is 1.48 bits per heavy atom. The van der Waals surface area contributed by atoms with E-state index >= 15 is 0 Å². The SMILES string of the molecule is CC1CC1n1c(COCC(=O)O)nc2ccccc2c1=O. The number of aromatic nitrogens is 2. The van der Waals surface area contributed by atoms with Crippen LogP contribution in [-0.4, -0.2) is 27.2 Å². The van der Waals surface area contributed by atoms with Crippen LogP contribution in [0.25, 0.3) is 10.9 Å². The van der Waals surface area contributed by atoms with Crippen LogP contribution in [0.1, 0.15) is 25.2 Å². The lowest BCUT2D eigenvalue weighted by molar-refractivity contribution is -0.142. The van der Waals surface area contributed by atoms with E-state index in [2.05, 4.69) is 11.9 Å². The summed E-state index contributed by atoms with van der Waals surface area (Å²) >= 11 is 0. The van der Waals surface area contributed by atoms with E-state index in [9.17, 15) is 9.59 Å². The van der Waals surface area contributed by atoms with Crippen molar-refractivity contribution in [2.45, 2.75) is 26.0 Å². The van der Waals surface area contributed by atoms with Gasteiger partial charge in [0.25, 0.3) is 5.56 Å². The highest BCUT2D eigenvalue weighted by Crippen LogP contribution is 2.42. The number of para-hydroxylation sites is 1. The zero-order chi connectivity index (χ0) is 15.0. The number of carboxylic acid groups (broad SMARTS) is 1. The molecule has 6 nitrogen and oxygen atoms in total. The lowest BCUT2D eigenvalue weighted by Gasteiger charge is -2.13. The second kappa shape index (κ2) is 5.29. The highest BCUT2D eigenvalue weighted by atomic mass is 16.5. The maximum absolute atomic E-state index is 12.6. The standard InChI is InChI=1S/C15H16N2O4/c1-9-6-12(9)17-13(7-21-8-14(18)19)16-11-5-3-2-4-10(11)15(17)20/h2-5,9,12H,6-8H2,1H3,(H,18,19). The third kappa shape index (κ3) is 2.67. The Hall–Kier alpha value is -2.21. The summed E-state index contributed by atoms with van der Waals surface area (Å²) in [4.78, 5) is 27.6. The second-order valence-corrected chi connectivity index (χ2v) is 5.39. The van der Waals surface area contributed by atoms with E-state index in [1.807, 2.05) is 12.1 Å². The molecule has 6 heteroatoms. The van der Waals surface area contributed by atoms with Gasteiger partial charge in [0.15, 0.2) is 0 Å². The third-order valence-corrected chi connectivity index (χ3v) is 3.74. The second-order valence-electron chi connectivity index (χ2n) is 5.39. The molecule has 0 saturated heterocycles. The number of hydrogen-bond acceptors (Lipinski definition) is 4. The molecule has 1 heterocycles. The van der Waals surface area contributed by atoms with E-state index in [1.54, 1.807) is 16.7 Å². The number of fused-ring (bicyclic) bond motifs is 1. The number of carboxylic acids is 1. The molecule has 1 aliphatic rings. The molecule has 1 aliphatic carbocycles. The van der Waals surface area contributed by atoms with Crippen LogP contribution in [-0.2, 0) is 16.1 Å². The number of aliphatic carboxylic acids is 1. The minimum atomic E-state index is -1.04. The summed E-state index contributed by atoms with van der Waals surface area (Å²) in [5.41, 5.74) is 0.532. The number of ether oxygens (including phenoxy) is 1. The van der Waals surface area contributed by atoms with Crippen LogP contribution in [0.5, 0.6) is 0 Å². The fourth-order valence-corrected chi connectivity index (χ4v) is 2.53. The van der Waals surface area contributed by atoms with Crippen molar-refractivity contribution in [3.63, 3.8) is 0 Å². The van der Waals surface area contributed by atoms with Crippen molar-refractivity contribution in [2.75, 3.05) is 6.61 Å². The van der Waals surface area contributed by atoms with Gasteiger partial charge in [-0.2, -0.15) is 0 Å². The quantitative estimate of drug-likeness (QED) is 0.903. The van der Waals surface area contributed by atoms with E-state index < -0.39 is 12.6 Å². The first-order valence-corrected chi connectivity index (χ1v) is 6.87. The fourth-order valence-electron chi connectivity index (χ4n) is 2.53. The zero-order valence-electron chi connectivity index (χ0n) is 11.7. The van der Waals surface area contributed by atoms with Crippen LogP contribution in [0, 0.1) is 5.92 Å². The molecular weight excluding hydrogens is 272 g/mol. The summed E-state index contributed by atoms with van der Waals surface area (Å²) in [6.45, 7) is 1.70. The summed E-state index contributed by atoms with van der Waals surface area (Å²) in [5.74, 6) is -0.109. The van der Waals surface area contributed by atoms with Gasteiger partial charge in [0, 0.05) is 6.04 Å². The lowest BCUT2D eigenvalue weighted by atomic mass is 10.2. The van der Waals surface area contributed by atoms with Crippen molar-refractivity contribution in [3.05, 3.63) is 40.4 Å². The molecule has 2 atom stereocenters. The van der Waals surface area contributed by atoms with E-state index in [1.165, 1.54) is 0 Å². The molecule has 3 rings (SSSR count). The fraction of sp³-hybridized carbons (Fsp3) is 0.400. The van der Waals surface area contributed by atoms with E-state index in [4.69, 9.17) is 9.84 Å². The molecule has 2 unspecified atom stereocenters. The average molecular weight is 288 g/mol. The highest BCUT2D eigenvalue weighted by Gasteiger charge is 2.37.